The summed E-state index contributed by atoms with van der Waals surface area (Å²) in [6.45, 7) is 1.45. The van der Waals surface area contributed by atoms with Gasteiger partial charge in [-0.1, -0.05) is 0 Å². The predicted molar refractivity (Wildman–Crippen MR) is 44.4 cm³/mol. The van der Waals surface area contributed by atoms with Crippen molar-refractivity contribution >= 4 is 0 Å². The highest BCUT2D eigenvalue weighted by molar-refractivity contribution is 4.58. The third kappa shape index (κ3) is 5.15. The molecule has 0 aliphatic carbocycles. The molecule has 1 atom stereocenters. The van der Waals surface area contributed by atoms with Gasteiger partial charge in [0.15, 0.2) is 0 Å². The Bertz CT molecular complexity index is 90.5. The maximum absolute atomic E-state index is 5.16. The van der Waals surface area contributed by atoms with Gasteiger partial charge in [0.2, 0.25) is 0 Å². The summed E-state index contributed by atoms with van der Waals surface area (Å²) in [5, 5.41) is 1.95. The molecule has 0 aliphatic heterocycles. The average Bonchev–Trinajstić information content (AvgIpc) is 2.03. The maximum Gasteiger partial charge on any atom is 0.0944 e. The van der Waals surface area contributed by atoms with Crippen molar-refractivity contribution in [3.05, 3.63) is 0 Å². The summed E-state index contributed by atoms with van der Waals surface area (Å²) >= 11 is 0. The summed E-state index contributed by atoms with van der Waals surface area (Å²) in [6, 6.07) is 0. The summed E-state index contributed by atoms with van der Waals surface area (Å²) in [4.78, 5) is 0. The van der Waals surface area contributed by atoms with E-state index in [9.17, 15) is 0 Å². The maximum atomic E-state index is 5.16. The molecule has 11 heavy (non-hydrogen) atoms. The van der Waals surface area contributed by atoms with Crippen molar-refractivity contribution in [2.75, 3.05) is 41.5 Å². The predicted octanol–water partition coefficient (Wildman–Crippen LogP) is -0.286. The number of nitrogens with zero attached hydrogens (tertiary/aromatic N) is 1. The Morgan fingerprint density at radius 2 is 2.09 bits per heavy atom. The second-order valence-electron chi connectivity index (χ2n) is 2.42. The van der Waals surface area contributed by atoms with E-state index in [4.69, 9.17) is 9.47 Å². The van der Waals surface area contributed by atoms with Gasteiger partial charge >= 0.3 is 0 Å². The first-order valence-electron chi connectivity index (χ1n) is 3.64. The second kappa shape index (κ2) is 6.54. The summed E-state index contributed by atoms with van der Waals surface area (Å²) < 4.78 is 10.1. The topological polar surface area (TPSA) is 33.7 Å². The van der Waals surface area contributed by atoms with Crippen LogP contribution in [0.4, 0.5) is 0 Å². The molecule has 0 heterocycles. The van der Waals surface area contributed by atoms with E-state index in [-0.39, 0.29) is 6.10 Å². The normalized spacial score (nSPS) is 13.9. The molecule has 0 bridgehead atoms. The van der Waals surface area contributed by atoms with Crippen LogP contribution in [0.25, 0.3) is 0 Å². The number of hydrogen-bond acceptors (Lipinski definition) is 4. The monoisotopic (exact) mass is 162 g/mol. The van der Waals surface area contributed by atoms with Crippen LogP contribution >= 0.6 is 0 Å². The summed E-state index contributed by atoms with van der Waals surface area (Å²) in [5.41, 5.74) is 2.99. The molecule has 4 nitrogen and oxygen atoms in total. The highest BCUT2D eigenvalue weighted by Crippen LogP contribution is 1.91. The van der Waals surface area contributed by atoms with Gasteiger partial charge in [-0.25, -0.2) is 5.01 Å². The Balaban J connectivity index is 3.49. The molecular formula is C7H18N2O2. The summed E-state index contributed by atoms with van der Waals surface area (Å²) in [5.74, 6) is 0. The van der Waals surface area contributed by atoms with Crippen LogP contribution in [0.5, 0.6) is 0 Å². The van der Waals surface area contributed by atoms with Crippen LogP contribution in [0.3, 0.4) is 0 Å². The van der Waals surface area contributed by atoms with Gasteiger partial charge in [0.1, 0.15) is 0 Å². The molecule has 0 fully saturated rings. The Labute approximate surface area is 68.4 Å². The molecule has 1 N–H and O–H groups in total. The van der Waals surface area contributed by atoms with Crippen molar-refractivity contribution in [3.8, 4) is 0 Å². The lowest BCUT2D eigenvalue weighted by molar-refractivity contribution is 0.00346. The Kier molecular flexibility index (Phi) is 6.45. The second-order valence-corrected chi connectivity index (χ2v) is 2.42. The molecule has 0 aliphatic rings. The molecule has 0 amide bonds. The molecule has 1 unspecified atom stereocenters. The number of rotatable bonds is 6. The van der Waals surface area contributed by atoms with Crippen molar-refractivity contribution in [1.29, 1.82) is 0 Å². The van der Waals surface area contributed by atoms with Gasteiger partial charge in [-0.05, 0) is 7.05 Å². The number of likely N-dealkylation sites (N-methyl/N-ethyl adjacent to an activating group) is 1. The average molecular weight is 162 g/mol. The Morgan fingerprint density at radius 1 is 1.45 bits per heavy atom. The van der Waals surface area contributed by atoms with Gasteiger partial charge in [-0.2, -0.15) is 0 Å². The SMILES string of the molecule is CNN(C)CC(COC)OC. The third-order valence-corrected chi connectivity index (χ3v) is 1.55. The quantitative estimate of drug-likeness (QED) is 0.544. The van der Waals surface area contributed by atoms with Crippen molar-refractivity contribution in [2.45, 2.75) is 6.10 Å². The van der Waals surface area contributed by atoms with Crippen LogP contribution in [-0.4, -0.2) is 52.6 Å². The van der Waals surface area contributed by atoms with Crippen molar-refractivity contribution in [1.82, 2.24) is 10.4 Å². The van der Waals surface area contributed by atoms with E-state index < -0.39 is 0 Å². The zero-order chi connectivity index (χ0) is 8.69. The van der Waals surface area contributed by atoms with E-state index in [0.717, 1.165) is 6.54 Å². The lowest BCUT2D eigenvalue weighted by Crippen LogP contribution is -2.39. The molecule has 0 aromatic rings. The van der Waals surface area contributed by atoms with E-state index in [1.807, 2.05) is 19.1 Å². The Morgan fingerprint density at radius 3 is 2.45 bits per heavy atom. The van der Waals surface area contributed by atoms with Crippen molar-refractivity contribution in [2.24, 2.45) is 0 Å². The van der Waals surface area contributed by atoms with Crippen LogP contribution in [0.1, 0.15) is 0 Å². The van der Waals surface area contributed by atoms with Gasteiger partial charge in [-0.3, -0.25) is 5.43 Å². The van der Waals surface area contributed by atoms with Gasteiger partial charge in [0.25, 0.3) is 0 Å². The van der Waals surface area contributed by atoms with Crippen LogP contribution in [0.2, 0.25) is 0 Å². The molecule has 68 valence electrons. The standard InChI is InChI=1S/C7H18N2O2/c1-8-9(2)5-7(11-4)6-10-3/h7-8H,5-6H2,1-4H3. The fraction of sp³-hybridized carbons (Fsp3) is 1.00. The highest BCUT2D eigenvalue weighted by atomic mass is 16.5. The van der Waals surface area contributed by atoms with Crippen LogP contribution in [0, 0.1) is 0 Å². The third-order valence-electron chi connectivity index (χ3n) is 1.55. The van der Waals surface area contributed by atoms with E-state index in [1.165, 1.54) is 0 Å². The minimum absolute atomic E-state index is 0.137. The molecule has 0 rings (SSSR count). The lowest BCUT2D eigenvalue weighted by atomic mass is 10.4. The van der Waals surface area contributed by atoms with Crippen LogP contribution in [0.15, 0.2) is 0 Å². The van der Waals surface area contributed by atoms with E-state index in [0.29, 0.717) is 6.61 Å². The smallest absolute Gasteiger partial charge is 0.0944 e. The lowest BCUT2D eigenvalue weighted by Gasteiger charge is -2.21. The number of methoxy groups -OCH3 is 2. The van der Waals surface area contributed by atoms with Gasteiger partial charge in [0, 0.05) is 27.8 Å². The first-order chi connectivity index (χ1) is 5.24. The number of hydrogen-bond donors (Lipinski definition) is 1. The fourth-order valence-electron chi connectivity index (χ4n) is 0.778. The van der Waals surface area contributed by atoms with Gasteiger partial charge in [-0.15, -0.1) is 0 Å². The van der Waals surface area contributed by atoms with Crippen LogP contribution < -0.4 is 5.43 Å². The molecule has 0 aromatic carbocycles. The minimum Gasteiger partial charge on any atom is -0.382 e. The van der Waals surface area contributed by atoms with Crippen LogP contribution in [-0.2, 0) is 9.47 Å². The van der Waals surface area contributed by atoms with Gasteiger partial charge < -0.3 is 9.47 Å². The molecule has 0 radical (unpaired) electrons. The van der Waals surface area contributed by atoms with E-state index >= 15 is 0 Å². The number of ether oxygens (including phenoxy) is 2. The molecule has 0 aromatic heterocycles. The highest BCUT2D eigenvalue weighted by Gasteiger charge is 2.08. The summed E-state index contributed by atoms with van der Waals surface area (Å²) in [7, 11) is 7.19. The molecule has 0 saturated heterocycles. The van der Waals surface area contributed by atoms with Crippen molar-refractivity contribution < 1.29 is 9.47 Å². The van der Waals surface area contributed by atoms with Gasteiger partial charge in [0.05, 0.1) is 12.7 Å². The first-order valence-corrected chi connectivity index (χ1v) is 3.64. The van der Waals surface area contributed by atoms with E-state index in [1.54, 1.807) is 14.2 Å². The zero-order valence-corrected chi connectivity index (χ0v) is 7.76. The molecule has 0 saturated carbocycles. The van der Waals surface area contributed by atoms with E-state index in [2.05, 4.69) is 5.43 Å². The fourth-order valence-corrected chi connectivity index (χ4v) is 0.778. The molecule has 0 spiro atoms. The number of nitrogens with one attached hydrogen (secondary N) is 1. The number of hydrazine groups is 1. The molecule has 4 heteroatoms. The minimum atomic E-state index is 0.137. The zero-order valence-electron chi connectivity index (χ0n) is 7.76. The molecular weight excluding hydrogens is 144 g/mol. The largest absolute Gasteiger partial charge is 0.382 e. The van der Waals surface area contributed by atoms with Crippen molar-refractivity contribution in [3.63, 3.8) is 0 Å². The first kappa shape index (κ1) is 10.8. The Hall–Kier alpha value is -0.160. The summed E-state index contributed by atoms with van der Waals surface area (Å²) in [6.07, 6.45) is 0.137.